The molecular weight excluding hydrogens is 554 g/mol. The molecule has 12 nitrogen and oxygen atoms in total. The van der Waals surface area contributed by atoms with Gasteiger partial charge in [0.15, 0.2) is 5.78 Å². The minimum Gasteiger partial charge on any atom is -0.453 e. The molecule has 0 aromatic rings. The standard InChI is InChI=1S/C31H57N5O7/c1-19(2)26(33-30(40)42-5)28(38)24(25(32)22-15-11-8-12-16-22)23(37)18-36(17-21-13-9-7-10-14-21)35-29(39)27(20(3)4)34-31(41)43-6/h19-27,37H,7-18,32H2,1-6H3,(H,33,40)(H,34,41)(H,35,39)/t23-,24?,25?,26-,27-/m0/s1. The molecule has 2 saturated carbocycles. The maximum Gasteiger partial charge on any atom is 0.407 e. The quantitative estimate of drug-likeness (QED) is 0.174. The van der Waals surface area contributed by atoms with Crippen LogP contribution in [-0.2, 0) is 19.1 Å². The summed E-state index contributed by atoms with van der Waals surface area (Å²) in [5.74, 6) is -1.90. The number of hydrazine groups is 1. The predicted molar refractivity (Wildman–Crippen MR) is 164 cm³/mol. The van der Waals surface area contributed by atoms with E-state index in [0.29, 0.717) is 12.5 Å². The average Bonchev–Trinajstić information content (AvgIpc) is 2.98. The van der Waals surface area contributed by atoms with Crippen molar-refractivity contribution in [3.05, 3.63) is 0 Å². The summed E-state index contributed by atoms with van der Waals surface area (Å²) in [6, 6.07) is -2.40. The fourth-order valence-electron chi connectivity index (χ4n) is 6.54. The zero-order valence-corrected chi connectivity index (χ0v) is 27.1. The molecule has 5 atom stereocenters. The van der Waals surface area contributed by atoms with E-state index in [0.717, 1.165) is 57.8 Å². The summed E-state index contributed by atoms with van der Waals surface area (Å²) >= 11 is 0. The van der Waals surface area contributed by atoms with Crippen LogP contribution in [0.5, 0.6) is 0 Å². The van der Waals surface area contributed by atoms with E-state index < -0.39 is 48.2 Å². The first kappa shape index (κ1) is 36.8. The van der Waals surface area contributed by atoms with Crippen molar-refractivity contribution in [3.63, 3.8) is 0 Å². The number of ether oxygens (including phenoxy) is 2. The van der Waals surface area contributed by atoms with Crippen molar-refractivity contribution in [1.29, 1.82) is 0 Å². The molecule has 0 aliphatic heterocycles. The van der Waals surface area contributed by atoms with E-state index >= 15 is 0 Å². The maximum absolute atomic E-state index is 14.1. The van der Waals surface area contributed by atoms with E-state index in [-0.39, 0.29) is 30.1 Å². The number of hydrogen-bond donors (Lipinski definition) is 5. The van der Waals surface area contributed by atoms with Crippen LogP contribution in [0.4, 0.5) is 9.59 Å². The highest BCUT2D eigenvalue weighted by molar-refractivity contribution is 5.90. The van der Waals surface area contributed by atoms with Gasteiger partial charge in [0.2, 0.25) is 0 Å². The molecule has 2 aliphatic carbocycles. The van der Waals surface area contributed by atoms with Crippen molar-refractivity contribution >= 4 is 23.9 Å². The number of carbonyl (C=O) groups is 4. The third kappa shape index (κ3) is 11.5. The molecule has 43 heavy (non-hydrogen) atoms. The van der Waals surface area contributed by atoms with Gasteiger partial charge in [0.1, 0.15) is 6.04 Å². The number of rotatable bonds is 15. The van der Waals surface area contributed by atoms with Gasteiger partial charge in [-0.2, -0.15) is 0 Å². The number of nitrogens with two attached hydrogens (primary N) is 1. The number of amides is 3. The molecule has 6 N–H and O–H groups in total. The summed E-state index contributed by atoms with van der Waals surface area (Å²) < 4.78 is 9.49. The summed E-state index contributed by atoms with van der Waals surface area (Å²) in [6.07, 6.45) is 7.56. The van der Waals surface area contributed by atoms with Gasteiger partial charge in [0, 0.05) is 19.1 Å². The number of alkyl carbamates (subject to hydrolysis) is 2. The summed E-state index contributed by atoms with van der Waals surface area (Å²) in [5, 5.41) is 18.7. The summed E-state index contributed by atoms with van der Waals surface area (Å²) in [5.41, 5.74) is 9.76. The molecule has 3 amide bonds. The molecule has 0 aromatic heterocycles. The first-order chi connectivity index (χ1) is 20.4. The molecule has 0 bridgehead atoms. The molecule has 2 rings (SSSR count). The molecule has 248 valence electrons. The van der Waals surface area contributed by atoms with Gasteiger partial charge in [-0.1, -0.05) is 66.2 Å². The van der Waals surface area contributed by atoms with E-state index in [4.69, 9.17) is 15.2 Å². The summed E-state index contributed by atoms with van der Waals surface area (Å²) in [7, 11) is 2.48. The van der Waals surface area contributed by atoms with Crippen molar-refractivity contribution in [2.75, 3.05) is 27.3 Å². The Labute approximate surface area is 257 Å². The summed E-state index contributed by atoms with van der Waals surface area (Å²) in [6.45, 7) is 7.73. The monoisotopic (exact) mass is 611 g/mol. The van der Waals surface area contributed by atoms with E-state index in [1.165, 1.54) is 20.6 Å². The van der Waals surface area contributed by atoms with E-state index in [2.05, 4.69) is 16.1 Å². The lowest BCUT2D eigenvalue weighted by Crippen LogP contribution is -2.60. The molecule has 0 radical (unpaired) electrons. The number of carbonyl (C=O) groups excluding carboxylic acids is 4. The van der Waals surface area contributed by atoms with Crippen molar-refractivity contribution in [2.45, 2.75) is 116 Å². The number of nitrogens with zero attached hydrogens (tertiary/aromatic N) is 1. The van der Waals surface area contributed by atoms with Gasteiger partial charge in [0.25, 0.3) is 5.91 Å². The van der Waals surface area contributed by atoms with E-state index in [9.17, 15) is 24.3 Å². The zero-order chi connectivity index (χ0) is 32.1. The normalized spacial score (nSPS) is 20.2. The lowest BCUT2D eigenvalue weighted by atomic mass is 9.73. The number of aliphatic hydroxyl groups excluding tert-OH is 1. The minimum atomic E-state index is -1.22. The number of ketones is 1. The third-order valence-corrected chi connectivity index (χ3v) is 9.07. The summed E-state index contributed by atoms with van der Waals surface area (Å²) in [4.78, 5) is 51.7. The van der Waals surface area contributed by atoms with Crippen LogP contribution in [0.2, 0.25) is 0 Å². The Hall–Kier alpha value is -2.44. The number of nitrogens with one attached hydrogen (secondary N) is 3. The second-order valence-corrected chi connectivity index (χ2v) is 13.1. The number of hydrogen-bond acceptors (Lipinski definition) is 9. The predicted octanol–water partition coefficient (Wildman–Crippen LogP) is 3.11. The Morgan fingerprint density at radius 3 is 1.79 bits per heavy atom. The molecule has 0 saturated heterocycles. The van der Waals surface area contributed by atoms with Gasteiger partial charge in [-0.15, -0.1) is 0 Å². The topological polar surface area (TPSA) is 172 Å². The first-order valence-corrected chi connectivity index (χ1v) is 16.1. The fourth-order valence-corrected chi connectivity index (χ4v) is 6.54. The van der Waals surface area contributed by atoms with Crippen molar-refractivity contribution in [2.24, 2.45) is 35.3 Å². The second-order valence-electron chi connectivity index (χ2n) is 13.1. The highest BCUT2D eigenvalue weighted by atomic mass is 16.5. The van der Waals surface area contributed by atoms with Gasteiger partial charge in [-0.05, 0) is 49.4 Å². The van der Waals surface area contributed by atoms with Crippen LogP contribution >= 0.6 is 0 Å². The molecule has 12 heteroatoms. The van der Waals surface area contributed by atoms with Crippen LogP contribution in [0.1, 0.15) is 91.9 Å². The van der Waals surface area contributed by atoms with Gasteiger partial charge in [0.05, 0.1) is 32.3 Å². The number of Topliss-reactive ketones (excluding diaryl/α,β-unsaturated/α-hetero) is 1. The van der Waals surface area contributed by atoms with Crippen LogP contribution in [0.15, 0.2) is 0 Å². The van der Waals surface area contributed by atoms with E-state index in [1.54, 1.807) is 5.01 Å². The lowest BCUT2D eigenvalue weighted by molar-refractivity contribution is -0.134. The van der Waals surface area contributed by atoms with E-state index in [1.807, 2.05) is 27.7 Å². The second kappa shape index (κ2) is 18.4. The number of aliphatic hydroxyl groups is 1. The highest BCUT2D eigenvalue weighted by Gasteiger charge is 2.42. The molecule has 2 fully saturated rings. The van der Waals surface area contributed by atoms with Gasteiger partial charge >= 0.3 is 12.2 Å². The smallest absolute Gasteiger partial charge is 0.407 e. The molecule has 0 heterocycles. The first-order valence-electron chi connectivity index (χ1n) is 16.1. The molecule has 0 spiro atoms. The average molecular weight is 612 g/mol. The van der Waals surface area contributed by atoms with Gasteiger partial charge < -0.3 is 30.9 Å². The Morgan fingerprint density at radius 2 is 1.30 bits per heavy atom. The molecule has 2 aliphatic rings. The van der Waals surface area contributed by atoms with Crippen molar-refractivity contribution < 1.29 is 33.8 Å². The maximum atomic E-state index is 14.1. The van der Waals surface area contributed by atoms with Crippen molar-refractivity contribution in [3.8, 4) is 0 Å². The van der Waals surface area contributed by atoms with Crippen molar-refractivity contribution in [1.82, 2.24) is 21.1 Å². The Bertz CT molecular complexity index is 890. The zero-order valence-electron chi connectivity index (χ0n) is 27.1. The Balaban J connectivity index is 2.38. The van der Waals surface area contributed by atoms with Crippen LogP contribution in [-0.4, -0.2) is 85.5 Å². The van der Waals surface area contributed by atoms with Crippen LogP contribution in [0.25, 0.3) is 0 Å². The third-order valence-electron chi connectivity index (χ3n) is 9.07. The minimum absolute atomic E-state index is 0.0366. The Kier molecular flexibility index (Phi) is 15.7. The van der Waals surface area contributed by atoms with Crippen LogP contribution in [0, 0.1) is 29.6 Å². The van der Waals surface area contributed by atoms with Crippen LogP contribution in [0.3, 0.4) is 0 Å². The highest BCUT2D eigenvalue weighted by Crippen LogP contribution is 2.32. The van der Waals surface area contributed by atoms with Gasteiger partial charge in [-0.25, -0.2) is 14.6 Å². The molecule has 0 aromatic carbocycles. The lowest BCUT2D eigenvalue weighted by Gasteiger charge is -2.39. The SMILES string of the molecule is COC(=O)N[C@H](C(=O)NN(CC1CCCCC1)C[C@H](O)C(C(=O)[C@@H](NC(=O)OC)C(C)C)C(N)C1CCCCC1)C(C)C. The largest absolute Gasteiger partial charge is 0.453 e. The molecular formula is C31H57N5O7. The molecule has 2 unspecified atom stereocenters. The van der Waals surface area contributed by atoms with Crippen LogP contribution < -0.4 is 21.8 Å². The van der Waals surface area contributed by atoms with Gasteiger partial charge in [-0.3, -0.25) is 15.0 Å². The Morgan fingerprint density at radius 1 is 0.814 bits per heavy atom. The number of methoxy groups -OCH3 is 2. The fraction of sp³-hybridized carbons (Fsp3) is 0.871.